The standard InChI is InChI=1S/C15H18N4O2/c1-8-16-13-12(17(8)9-2-3-9)14(20)19(11-6-7-11)15(21)18(13)10-4-5-10/h9-11H,2-7H2,1H3. The Morgan fingerprint density at radius 3 is 1.95 bits per heavy atom. The lowest BCUT2D eigenvalue weighted by Crippen LogP contribution is -2.40. The van der Waals surface area contributed by atoms with E-state index < -0.39 is 0 Å². The number of hydrogen-bond acceptors (Lipinski definition) is 3. The van der Waals surface area contributed by atoms with Crippen molar-refractivity contribution < 1.29 is 0 Å². The predicted molar refractivity (Wildman–Crippen MR) is 77.8 cm³/mol. The Hall–Kier alpha value is -1.85. The highest BCUT2D eigenvalue weighted by atomic mass is 16.2. The van der Waals surface area contributed by atoms with Crippen LogP contribution in [-0.2, 0) is 0 Å². The molecule has 3 aliphatic rings. The van der Waals surface area contributed by atoms with Gasteiger partial charge in [0.05, 0.1) is 0 Å². The van der Waals surface area contributed by atoms with Crippen LogP contribution in [0.3, 0.4) is 0 Å². The van der Waals surface area contributed by atoms with E-state index in [0.717, 1.165) is 44.3 Å². The Balaban J connectivity index is 1.95. The summed E-state index contributed by atoms with van der Waals surface area (Å²) in [5, 5.41) is 0. The Labute approximate surface area is 121 Å². The number of imidazole rings is 1. The average molecular weight is 286 g/mol. The van der Waals surface area contributed by atoms with Gasteiger partial charge in [0, 0.05) is 18.1 Å². The quantitative estimate of drug-likeness (QED) is 0.862. The van der Waals surface area contributed by atoms with Gasteiger partial charge in [0.25, 0.3) is 5.56 Å². The van der Waals surface area contributed by atoms with E-state index >= 15 is 0 Å². The number of nitrogens with zero attached hydrogens (tertiary/aromatic N) is 4. The maximum atomic E-state index is 12.9. The zero-order chi connectivity index (χ0) is 14.3. The van der Waals surface area contributed by atoms with Crippen molar-refractivity contribution in [2.45, 2.75) is 63.6 Å². The van der Waals surface area contributed by atoms with Gasteiger partial charge in [0.1, 0.15) is 5.82 Å². The molecular weight excluding hydrogens is 268 g/mol. The molecule has 6 heteroatoms. The van der Waals surface area contributed by atoms with Gasteiger partial charge in [-0.1, -0.05) is 0 Å². The molecule has 2 heterocycles. The van der Waals surface area contributed by atoms with Crippen LogP contribution in [0.5, 0.6) is 0 Å². The molecule has 3 saturated carbocycles. The molecule has 0 N–H and O–H groups in total. The molecule has 2 aromatic heterocycles. The van der Waals surface area contributed by atoms with Crippen LogP contribution in [0, 0.1) is 6.92 Å². The van der Waals surface area contributed by atoms with E-state index in [2.05, 4.69) is 9.55 Å². The lowest BCUT2D eigenvalue weighted by atomic mass is 10.4. The fraction of sp³-hybridized carbons (Fsp3) is 0.667. The van der Waals surface area contributed by atoms with Crippen molar-refractivity contribution >= 4 is 11.2 Å². The molecule has 0 spiro atoms. The van der Waals surface area contributed by atoms with E-state index in [1.54, 1.807) is 4.57 Å². The molecular formula is C15H18N4O2. The second kappa shape index (κ2) is 3.67. The molecule has 0 aromatic carbocycles. The van der Waals surface area contributed by atoms with Crippen LogP contribution < -0.4 is 11.2 Å². The van der Waals surface area contributed by atoms with Crippen molar-refractivity contribution in [1.29, 1.82) is 0 Å². The highest BCUT2D eigenvalue weighted by Gasteiger charge is 2.37. The normalized spacial score (nSPS) is 22.1. The van der Waals surface area contributed by atoms with Crippen molar-refractivity contribution in [1.82, 2.24) is 18.7 Å². The highest BCUT2D eigenvalue weighted by Crippen LogP contribution is 2.40. The molecule has 110 valence electrons. The number of hydrogen-bond donors (Lipinski definition) is 0. The smallest absolute Gasteiger partial charge is 0.319 e. The molecule has 0 amide bonds. The second-order valence-electron chi connectivity index (χ2n) is 6.72. The number of aryl methyl sites for hydroxylation is 1. The topological polar surface area (TPSA) is 61.8 Å². The molecule has 3 aliphatic carbocycles. The van der Waals surface area contributed by atoms with Crippen LogP contribution in [0.15, 0.2) is 9.59 Å². The lowest BCUT2D eigenvalue weighted by Gasteiger charge is -2.11. The van der Waals surface area contributed by atoms with Gasteiger partial charge in [-0.2, -0.15) is 0 Å². The molecule has 2 aromatic rings. The minimum absolute atomic E-state index is 0.113. The first kappa shape index (κ1) is 11.8. The summed E-state index contributed by atoms with van der Waals surface area (Å²) < 4.78 is 5.37. The first-order valence-corrected chi connectivity index (χ1v) is 7.92. The summed E-state index contributed by atoms with van der Waals surface area (Å²) in [5.74, 6) is 0.868. The van der Waals surface area contributed by atoms with E-state index in [9.17, 15) is 9.59 Å². The van der Waals surface area contributed by atoms with Gasteiger partial charge >= 0.3 is 5.69 Å². The van der Waals surface area contributed by atoms with Crippen LogP contribution >= 0.6 is 0 Å². The summed E-state index contributed by atoms with van der Waals surface area (Å²) in [6.07, 6.45) is 6.15. The number of fused-ring (bicyclic) bond motifs is 1. The first-order valence-electron chi connectivity index (χ1n) is 7.92. The van der Waals surface area contributed by atoms with Gasteiger partial charge in [-0.05, 0) is 45.4 Å². The average Bonchev–Trinajstić information content (AvgIpc) is 3.29. The third-order valence-corrected chi connectivity index (χ3v) is 4.87. The molecule has 0 saturated heterocycles. The van der Waals surface area contributed by atoms with Crippen molar-refractivity contribution in [2.24, 2.45) is 0 Å². The van der Waals surface area contributed by atoms with E-state index in [4.69, 9.17) is 0 Å². The van der Waals surface area contributed by atoms with Gasteiger partial charge < -0.3 is 4.57 Å². The first-order chi connectivity index (χ1) is 10.2. The Bertz CT molecular complexity index is 876. The predicted octanol–water partition coefficient (Wildman–Crippen LogP) is 1.67. The van der Waals surface area contributed by atoms with Crippen LogP contribution in [-0.4, -0.2) is 18.7 Å². The summed E-state index contributed by atoms with van der Waals surface area (Å²) >= 11 is 0. The molecule has 5 rings (SSSR count). The number of aromatic nitrogens is 4. The Morgan fingerprint density at radius 1 is 0.857 bits per heavy atom. The lowest BCUT2D eigenvalue weighted by molar-refractivity contribution is 0.584. The van der Waals surface area contributed by atoms with Crippen molar-refractivity contribution in [3.05, 3.63) is 26.7 Å². The Kier molecular flexibility index (Phi) is 2.06. The van der Waals surface area contributed by atoms with Gasteiger partial charge in [-0.3, -0.25) is 13.9 Å². The minimum atomic E-state index is -0.141. The molecule has 21 heavy (non-hydrogen) atoms. The molecule has 0 unspecified atom stereocenters. The monoisotopic (exact) mass is 286 g/mol. The minimum Gasteiger partial charge on any atom is -0.319 e. The summed E-state index contributed by atoms with van der Waals surface area (Å²) in [5.41, 5.74) is 1.02. The van der Waals surface area contributed by atoms with Crippen LogP contribution in [0.25, 0.3) is 11.2 Å². The van der Waals surface area contributed by atoms with E-state index in [0.29, 0.717) is 17.2 Å². The second-order valence-corrected chi connectivity index (χ2v) is 6.72. The van der Waals surface area contributed by atoms with Crippen LogP contribution in [0.1, 0.15) is 62.5 Å². The number of rotatable bonds is 3. The Morgan fingerprint density at radius 2 is 1.38 bits per heavy atom. The fourth-order valence-corrected chi connectivity index (χ4v) is 3.40. The van der Waals surface area contributed by atoms with Crippen LogP contribution in [0.2, 0.25) is 0 Å². The zero-order valence-corrected chi connectivity index (χ0v) is 12.1. The third-order valence-electron chi connectivity index (χ3n) is 4.87. The summed E-state index contributed by atoms with van der Waals surface area (Å²) in [4.78, 5) is 30.2. The summed E-state index contributed by atoms with van der Waals surface area (Å²) in [6, 6.07) is 0.760. The van der Waals surface area contributed by atoms with E-state index in [1.807, 2.05) is 6.92 Å². The molecule has 0 radical (unpaired) electrons. The molecule has 6 nitrogen and oxygen atoms in total. The van der Waals surface area contributed by atoms with E-state index in [1.165, 1.54) is 4.57 Å². The largest absolute Gasteiger partial charge is 0.333 e. The maximum Gasteiger partial charge on any atom is 0.333 e. The maximum absolute atomic E-state index is 12.9. The molecule has 0 aliphatic heterocycles. The van der Waals surface area contributed by atoms with Gasteiger partial charge in [0.2, 0.25) is 0 Å². The SMILES string of the molecule is Cc1nc2c(c(=O)n(C3CC3)c(=O)n2C2CC2)n1C1CC1. The molecule has 0 atom stereocenters. The van der Waals surface area contributed by atoms with Crippen molar-refractivity contribution in [2.75, 3.05) is 0 Å². The van der Waals surface area contributed by atoms with E-state index in [-0.39, 0.29) is 23.3 Å². The zero-order valence-electron chi connectivity index (χ0n) is 12.1. The van der Waals surface area contributed by atoms with Gasteiger partial charge in [-0.25, -0.2) is 9.78 Å². The van der Waals surface area contributed by atoms with Crippen LogP contribution in [0.4, 0.5) is 0 Å². The summed E-state index contributed by atoms with van der Waals surface area (Å²) in [6.45, 7) is 1.95. The summed E-state index contributed by atoms with van der Waals surface area (Å²) in [7, 11) is 0. The van der Waals surface area contributed by atoms with Crippen molar-refractivity contribution in [3.8, 4) is 0 Å². The van der Waals surface area contributed by atoms with Gasteiger partial charge in [0.15, 0.2) is 11.2 Å². The van der Waals surface area contributed by atoms with Gasteiger partial charge in [-0.15, -0.1) is 0 Å². The third kappa shape index (κ3) is 1.56. The molecule has 3 fully saturated rings. The van der Waals surface area contributed by atoms with Crippen molar-refractivity contribution in [3.63, 3.8) is 0 Å². The molecule has 0 bridgehead atoms. The highest BCUT2D eigenvalue weighted by molar-refractivity contribution is 5.72. The fourth-order valence-electron chi connectivity index (χ4n) is 3.40.